The van der Waals surface area contributed by atoms with Crippen LogP contribution >= 0.6 is 0 Å². The van der Waals surface area contributed by atoms with Gasteiger partial charge in [-0.25, -0.2) is 9.97 Å². The van der Waals surface area contributed by atoms with Crippen LogP contribution in [0.2, 0.25) is 0 Å². The second-order valence-corrected chi connectivity index (χ2v) is 3.07. The zero-order valence-corrected chi connectivity index (χ0v) is 9.28. The molecule has 1 rings (SSSR count). The van der Waals surface area contributed by atoms with Gasteiger partial charge in [-0.3, -0.25) is 0 Å². The Bertz CT molecular complexity index is 356. The fraction of sp³-hybridized carbons (Fsp3) is 0.556. The first kappa shape index (κ1) is 13.7. The lowest BCUT2D eigenvalue weighted by Gasteiger charge is -2.14. The molecule has 0 bridgehead atoms. The second kappa shape index (κ2) is 5.78. The molecule has 0 amide bonds. The van der Waals surface area contributed by atoms with E-state index in [2.05, 4.69) is 15.3 Å². The highest BCUT2D eigenvalue weighted by Crippen LogP contribution is 2.27. The minimum atomic E-state index is -4.48. The van der Waals surface area contributed by atoms with Crippen LogP contribution in [-0.2, 0) is 15.7 Å². The number of rotatable bonds is 5. The van der Waals surface area contributed by atoms with Gasteiger partial charge in [0.2, 0.25) is 0 Å². The van der Waals surface area contributed by atoms with Crippen LogP contribution in [0.4, 0.5) is 19.0 Å². The quantitative estimate of drug-likeness (QED) is 0.804. The number of halogens is 3. The predicted octanol–water partition coefficient (Wildman–Crippen LogP) is 1.53. The standard InChI is InChI=1S/C9H12F3N3O2/c1-16-8(17-2)4-13-7-3-6(9(10,11)12)14-5-15-7/h3,5,8H,4H2,1-2H3,(H,13,14,15). The molecule has 0 spiro atoms. The van der Waals surface area contributed by atoms with E-state index in [1.165, 1.54) is 14.2 Å². The number of nitrogens with zero attached hydrogens (tertiary/aromatic N) is 2. The monoisotopic (exact) mass is 251 g/mol. The van der Waals surface area contributed by atoms with E-state index in [1.807, 2.05) is 0 Å². The molecule has 0 radical (unpaired) electrons. The van der Waals surface area contributed by atoms with Gasteiger partial charge in [-0.05, 0) is 0 Å². The summed E-state index contributed by atoms with van der Waals surface area (Å²) in [7, 11) is 2.86. The van der Waals surface area contributed by atoms with Crippen molar-refractivity contribution in [2.45, 2.75) is 12.5 Å². The van der Waals surface area contributed by atoms with Crippen molar-refractivity contribution in [3.05, 3.63) is 18.1 Å². The zero-order chi connectivity index (χ0) is 12.9. The first-order valence-corrected chi connectivity index (χ1v) is 4.66. The van der Waals surface area contributed by atoms with Crippen LogP contribution in [-0.4, -0.2) is 37.0 Å². The van der Waals surface area contributed by atoms with E-state index in [4.69, 9.17) is 9.47 Å². The van der Waals surface area contributed by atoms with E-state index in [1.54, 1.807) is 0 Å². The Morgan fingerprint density at radius 2 is 1.94 bits per heavy atom. The van der Waals surface area contributed by atoms with Crippen molar-refractivity contribution in [3.8, 4) is 0 Å². The molecule has 0 aliphatic carbocycles. The largest absolute Gasteiger partial charge is 0.433 e. The van der Waals surface area contributed by atoms with Crippen LogP contribution in [0.15, 0.2) is 12.4 Å². The number of nitrogens with one attached hydrogen (secondary N) is 1. The highest BCUT2D eigenvalue weighted by atomic mass is 19.4. The average molecular weight is 251 g/mol. The van der Waals surface area contributed by atoms with Gasteiger partial charge in [0.1, 0.15) is 17.8 Å². The van der Waals surface area contributed by atoms with Crippen LogP contribution in [0.5, 0.6) is 0 Å². The summed E-state index contributed by atoms with van der Waals surface area (Å²) in [5, 5.41) is 2.66. The van der Waals surface area contributed by atoms with Crippen LogP contribution < -0.4 is 5.32 Å². The van der Waals surface area contributed by atoms with Crippen molar-refractivity contribution in [2.75, 3.05) is 26.1 Å². The number of hydrogen-bond acceptors (Lipinski definition) is 5. The third-order valence-corrected chi connectivity index (χ3v) is 1.93. The third-order valence-electron chi connectivity index (χ3n) is 1.93. The maximum absolute atomic E-state index is 12.3. The number of hydrogen-bond donors (Lipinski definition) is 1. The smallest absolute Gasteiger partial charge is 0.365 e. The molecule has 1 N–H and O–H groups in total. The number of alkyl halides is 3. The summed E-state index contributed by atoms with van der Waals surface area (Å²) in [5.74, 6) is 0.0615. The molecule has 0 saturated carbocycles. The van der Waals surface area contributed by atoms with Crippen molar-refractivity contribution in [1.29, 1.82) is 0 Å². The van der Waals surface area contributed by atoms with Gasteiger partial charge in [0.05, 0.1) is 6.54 Å². The molecule has 0 fully saturated rings. The van der Waals surface area contributed by atoms with Gasteiger partial charge < -0.3 is 14.8 Å². The minimum absolute atomic E-state index is 0.0615. The average Bonchev–Trinajstić information content (AvgIpc) is 2.30. The van der Waals surface area contributed by atoms with Crippen LogP contribution in [0.1, 0.15) is 5.69 Å². The van der Waals surface area contributed by atoms with Gasteiger partial charge in [0.25, 0.3) is 0 Å². The lowest BCUT2D eigenvalue weighted by molar-refractivity contribution is -0.141. The Hall–Kier alpha value is -1.41. The van der Waals surface area contributed by atoms with Gasteiger partial charge in [0, 0.05) is 20.3 Å². The molecule has 0 aliphatic rings. The van der Waals surface area contributed by atoms with Crippen LogP contribution in [0.25, 0.3) is 0 Å². The molecule has 1 aromatic rings. The molecule has 1 heterocycles. The molecule has 0 saturated heterocycles. The Morgan fingerprint density at radius 1 is 1.29 bits per heavy atom. The lowest BCUT2D eigenvalue weighted by Crippen LogP contribution is -2.24. The van der Waals surface area contributed by atoms with E-state index in [0.29, 0.717) is 0 Å². The van der Waals surface area contributed by atoms with Crippen LogP contribution in [0, 0.1) is 0 Å². The number of anilines is 1. The van der Waals surface area contributed by atoms with E-state index >= 15 is 0 Å². The SMILES string of the molecule is COC(CNc1cc(C(F)(F)F)ncn1)OC. The van der Waals surface area contributed by atoms with E-state index in [9.17, 15) is 13.2 Å². The fourth-order valence-corrected chi connectivity index (χ4v) is 1.06. The van der Waals surface area contributed by atoms with Crippen molar-refractivity contribution < 1.29 is 22.6 Å². The molecule has 0 aliphatic heterocycles. The van der Waals surface area contributed by atoms with Crippen molar-refractivity contribution in [2.24, 2.45) is 0 Å². The fourth-order valence-electron chi connectivity index (χ4n) is 1.06. The summed E-state index contributed by atoms with van der Waals surface area (Å²) in [6, 6.07) is 0.822. The molecule has 0 atom stereocenters. The Kier molecular flexibility index (Phi) is 4.64. The minimum Gasteiger partial charge on any atom is -0.365 e. The van der Waals surface area contributed by atoms with Crippen molar-refractivity contribution >= 4 is 5.82 Å². The summed E-state index contributed by atoms with van der Waals surface area (Å²) >= 11 is 0. The maximum Gasteiger partial charge on any atom is 0.433 e. The van der Waals surface area contributed by atoms with Gasteiger partial charge in [-0.2, -0.15) is 13.2 Å². The molecule has 0 aromatic carbocycles. The first-order chi connectivity index (χ1) is 7.97. The number of methoxy groups -OCH3 is 2. The summed E-state index contributed by atoms with van der Waals surface area (Å²) in [4.78, 5) is 6.80. The number of aromatic nitrogens is 2. The Balaban J connectivity index is 2.66. The van der Waals surface area contributed by atoms with Crippen molar-refractivity contribution in [3.63, 3.8) is 0 Å². The summed E-state index contributed by atoms with van der Waals surface area (Å²) in [6.45, 7) is 0.182. The third kappa shape index (κ3) is 4.16. The van der Waals surface area contributed by atoms with Gasteiger partial charge in [0.15, 0.2) is 6.29 Å². The maximum atomic E-state index is 12.3. The molecule has 1 aromatic heterocycles. The lowest BCUT2D eigenvalue weighted by atomic mass is 10.4. The van der Waals surface area contributed by atoms with E-state index in [0.717, 1.165) is 12.4 Å². The normalized spacial score (nSPS) is 11.9. The van der Waals surface area contributed by atoms with Gasteiger partial charge >= 0.3 is 6.18 Å². The highest BCUT2D eigenvalue weighted by molar-refractivity contribution is 5.35. The summed E-state index contributed by atoms with van der Waals surface area (Å²) < 4.78 is 46.7. The summed E-state index contributed by atoms with van der Waals surface area (Å²) in [5.41, 5.74) is -0.999. The zero-order valence-electron chi connectivity index (χ0n) is 9.28. The Labute approximate surface area is 96.0 Å². The van der Waals surface area contributed by atoms with Gasteiger partial charge in [-0.1, -0.05) is 0 Å². The Morgan fingerprint density at radius 3 is 2.47 bits per heavy atom. The highest BCUT2D eigenvalue weighted by Gasteiger charge is 2.32. The molecular formula is C9H12F3N3O2. The molecule has 17 heavy (non-hydrogen) atoms. The molecule has 0 unspecified atom stereocenters. The number of ether oxygens (including phenoxy) is 2. The van der Waals surface area contributed by atoms with E-state index < -0.39 is 18.2 Å². The molecule has 96 valence electrons. The van der Waals surface area contributed by atoms with Crippen LogP contribution in [0.3, 0.4) is 0 Å². The molecular weight excluding hydrogens is 239 g/mol. The second-order valence-electron chi connectivity index (χ2n) is 3.07. The van der Waals surface area contributed by atoms with E-state index in [-0.39, 0.29) is 12.4 Å². The predicted molar refractivity (Wildman–Crippen MR) is 53.3 cm³/mol. The molecule has 5 nitrogen and oxygen atoms in total. The van der Waals surface area contributed by atoms with Gasteiger partial charge in [-0.15, -0.1) is 0 Å². The topological polar surface area (TPSA) is 56.3 Å². The molecule has 8 heteroatoms. The summed E-state index contributed by atoms with van der Waals surface area (Å²) in [6.07, 6.45) is -4.19. The van der Waals surface area contributed by atoms with Crippen molar-refractivity contribution in [1.82, 2.24) is 9.97 Å². The first-order valence-electron chi connectivity index (χ1n) is 4.66.